The molecule has 1 saturated heterocycles. The van der Waals surface area contributed by atoms with Gasteiger partial charge in [0.05, 0.1) is 23.8 Å². The maximum atomic E-state index is 13.1. The molecule has 0 saturated carbocycles. The second-order valence-electron chi connectivity index (χ2n) is 7.42. The van der Waals surface area contributed by atoms with Gasteiger partial charge < -0.3 is 15.5 Å². The molecule has 2 aromatic carbocycles. The molecule has 2 N–H and O–H groups in total. The summed E-state index contributed by atoms with van der Waals surface area (Å²) in [6, 6.07) is 11.8. The molecule has 7 nitrogen and oxygen atoms in total. The van der Waals surface area contributed by atoms with Crippen molar-refractivity contribution in [3.8, 4) is 0 Å². The first-order valence-corrected chi connectivity index (χ1v) is 9.76. The second-order valence-corrected chi connectivity index (χ2v) is 7.42. The van der Waals surface area contributed by atoms with Crippen LogP contribution in [-0.4, -0.2) is 60.7 Å². The van der Waals surface area contributed by atoms with Gasteiger partial charge in [-0.05, 0) is 55.8 Å². The van der Waals surface area contributed by atoms with Crippen LogP contribution in [-0.2, 0) is 9.59 Å². The molecule has 3 amide bonds. The molecule has 1 unspecified atom stereocenters. The molecule has 0 bridgehead atoms. The molecule has 158 valence electrons. The van der Waals surface area contributed by atoms with E-state index in [9.17, 15) is 18.8 Å². The Kier molecular flexibility index (Phi) is 6.79. The number of hydrogen-bond acceptors (Lipinski definition) is 4. The van der Waals surface area contributed by atoms with Crippen molar-refractivity contribution in [1.82, 2.24) is 9.80 Å². The fourth-order valence-corrected chi connectivity index (χ4v) is 3.49. The van der Waals surface area contributed by atoms with E-state index in [2.05, 4.69) is 10.6 Å². The van der Waals surface area contributed by atoms with Crippen LogP contribution in [0.15, 0.2) is 48.5 Å². The number of hydrogen-bond donors (Lipinski definition) is 2. The normalized spacial score (nSPS) is 16.2. The number of halogens is 1. The maximum absolute atomic E-state index is 13.1. The summed E-state index contributed by atoms with van der Waals surface area (Å²) >= 11 is 0. The van der Waals surface area contributed by atoms with E-state index in [1.165, 1.54) is 29.2 Å². The van der Waals surface area contributed by atoms with Crippen molar-refractivity contribution in [3.63, 3.8) is 0 Å². The fraction of sp³-hybridized carbons (Fsp3) is 0.318. The fourth-order valence-electron chi connectivity index (χ4n) is 3.49. The lowest BCUT2D eigenvalue weighted by molar-refractivity contribution is -0.133. The number of rotatable bonds is 6. The van der Waals surface area contributed by atoms with Crippen molar-refractivity contribution < 1.29 is 18.8 Å². The quantitative estimate of drug-likeness (QED) is 0.764. The molecular weight excluding hydrogens is 387 g/mol. The molecule has 1 heterocycles. The van der Waals surface area contributed by atoms with Crippen molar-refractivity contribution in [2.24, 2.45) is 0 Å². The lowest BCUT2D eigenvalue weighted by Gasteiger charge is -2.25. The summed E-state index contributed by atoms with van der Waals surface area (Å²) in [6.07, 6.45) is 1.58. The van der Waals surface area contributed by atoms with E-state index >= 15 is 0 Å². The van der Waals surface area contributed by atoms with Gasteiger partial charge >= 0.3 is 0 Å². The third-order valence-electron chi connectivity index (χ3n) is 4.98. The number of nitrogens with zero attached hydrogens (tertiary/aromatic N) is 2. The van der Waals surface area contributed by atoms with Gasteiger partial charge in [-0.1, -0.05) is 12.1 Å². The molecule has 3 rings (SSSR count). The third-order valence-corrected chi connectivity index (χ3v) is 4.98. The van der Waals surface area contributed by atoms with Crippen LogP contribution in [0.25, 0.3) is 0 Å². The molecule has 0 spiro atoms. The highest BCUT2D eigenvalue weighted by Crippen LogP contribution is 2.20. The van der Waals surface area contributed by atoms with Gasteiger partial charge in [0.25, 0.3) is 5.91 Å². The van der Waals surface area contributed by atoms with Crippen LogP contribution >= 0.6 is 0 Å². The Labute approximate surface area is 174 Å². The van der Waals surface area contributed by atoms with Gasteiger partial charge in [-0.15, -0.1) is 0 Å². The second kappa shape index (κ2) is 9.49. The van der Waals surface area contributed by atoms with E-state index in [0.29, 0.717) is 17.9 Å². The standard InChI is InChI=1S/C22H25FN4O3/c1-26(2)22(30)19-8-5-13-27(19)14-20(28)25-18-7-4-3-6-17(18)21(29)24-16-11-9-15(23)10-12-16/h3-4,6-7,9-12,19H,5,8,13-14H2,1-2H3,(H,24,29)(H,25,28). The molecule has 1 atom stereocenters. The molecule has 30 heavy (non-hydrogen) atoms. The number of amides is 3. The van der Waals surface area contributed by atoms with E-state index in [1.807, 2.05) is 4.90 Å². The summed E-state index contributed by atoms with van der Waals surface area (Å²) in [7, 11) is 3.41. The number of nitrogens with one attached hydrogen (secondary N) is 2. The highest BCUT2D eigenvalue weighted by atomic mass is 19.1. The molecule has 8 heteroatoms. The van der Waals surface area contributed by atoms with Crippen LogP contribution < -0.4 is 10.6 Å². The van der Waals surface area contributed by atoms with Crippen molar-refractivity contribution in [3.05, 3.63) is 59.9 Å². The first-order valence-electron chi connectivity index (χ1n) is 9.76. The van der Waals surface area contributed by atoms with E-state index in [-0.39, 0.29) is 30.0 Å². The smallest absolute Gasteiger partial charge is 0.257 e. The number of para-hydroxylation sites is 1. The Morgan fingerprint density at radius 1 is 1.07 bits per heavy atom. The Morgan fingerprint density at radius 2 is 1.77 bits per heavy atom. The summed E-state index contributed by atoms with van der Waals surface area (Å²) in [4.78, 5) is 41.0. The maximum Gasteiger partial charge on any atom is 0.257 e. The number of benzene rings is 2. The van der Waals surface area contributed by atoms with Crippen LogP contribution in [0.1, 0.15) is 23.2 Å². The molecule has 2 aromatic rings. The minimum absolute atomic E-state index is 0.0145. The monoisotopic (exact) mass is 412 g/mol. The summed E-state index contributed by atoms with van der Waals surface area (Å²) in [5, 5.41) is 5.46. The van der Waals surface area contributed by atoms with Gasteiger partial charge in [0, 0.05) is 19.8 Å². The molecule has 1 aliphatic heterocycles. The molecule has 1 aliphatic rings. The van der Waals surface area contributed by atoms with Crippen molar-refractivity contribution >= 4 is 29.1 Å². The zero-order valence-corrected chi connectivity index (χ0v) is 17.0. The molecule has 1 fully saturated rings. The number of carbonyl (C=O) groups is 3. The molecular formula is C22H25FN4O3. The predicted molar refractivity (Wildman–Crippen MR) is 113 cm³/mol. The van der Waals surface area contributed by atoms with E-state index in [0.717, 1.165) is 12.8 Å². The topological polar surface area (TPSA) is 81.8 Å². The molecule has 0 radical (unpaired) electrons. The van der Waals surface area contributed by atoms with Gasteiger partial charge in [-0.2, -0.15) is 0 Å². The van der Waals surface area contributed by atoms with Crippen LogP contribution in [0.2, 0.25) is 0 Å². The zero-order chi connectivity index (χ0) is 21.7. The predicted octanol–water partition coefficient (Wildman–Crippen LogP) is 2.57. The number of likely N-dealkylation sites (N-methyl/N-ethyl adjacent to an activating group) is 1. The lowest BCUT2D eigenvalue weighted by Crippen LogP contribution is -2.45. The number of carbonyl (C=O) groups excluding carboxylic acids is 3. The SMILES string of the molecule is CN(C)C(=O)C1CCCN1CC(=O)Nc1ccccc1C(=O)Nc1ccc(F)cc1. The Bertz CT molecular complexity index is 930. The first kappa shape index (κ1) is 21.4. The van der Waals surface area contributed by atoms with Gasteiger partial charge in [0.15, 0.2) is 0 Å². The Balaban J connectivity index is 1.67. The molecule has 0 aromatic heterocycles. The zero-order valence-electron chi connectivity index (χ0n) is 17.0. The van der Waals surface area contributed by atoms with Gasteiger partial charge in [-0.3, -0.25) is 19.3 Å². The largest absolute Gasteiger partial charge is 0.347 e. The van der Waals surface area contributed by atoms with E-state index in [4.69, 9.17) is 0 Å². The number of likely N-dealkylation sites (tertiary alicyclic amines) is 1. The minimum atomic E-state index is -0.417. The average Bonchev–Trinajstić information content (AvgIpc) is 3.17. The van der Waals surface area contributed by atoms with E-state index < -0.39 is 11.7 Å². The van der Waals surface area contributed by atoms with E-state index in [1.54, 1.807) is 38.4 Å². The van der Waals surface area contributed by atoms with Crippen LogP contribution in [0.3, 0.4) is 0 Å². The highest BCUT2D eigenvalue weighted by molar-refractivity contribution is 6.10. The highest BCUT2D eigenvalue weighted by Gasteiger charge is 2.32. The summed E-state index contributed by atoms with van der Waals surface area (Å²) in [5.74, 6) is -1.12. The van der Waals surface area contributed by atoms with Crippen LogP contribution in [0, 0.1) is 5.82 Å². The summed E-state index contributed by atoms with van der Waals surface area (Å²) < 4.78 is 13.1. The number of anilines is 2. The van der Waals surface area contributed by atoms with Crippen LogP contribution in [0.5, 0.6) is 0 Å². The Hall–Kier alpha value is -3.26. The van der Waals surface area contributed by atoms with Crippen molar-refractivity contribution in [1.29, 1.82) is 0 Å². The van der Waals surface area contributed by atoms with Gasteiger partial charge in [0.2, 0.25) is 11.8 Å². The van der Waals surface area contributed by atoms with Crippen molar-refractivity contribution in [2.75, 3.05) is 37.8 Å². The molecule has 0 aliphatic carbocycles. The lowest BCUT2D eigenvalue weighted by atomic mass is 10.1. The van der Waals surface area contributed by atoms with Crippen molar-refractivity contribution in [2.45, 2.75) is 18.9 Å². The Morgan fingerprint density at radius 3 is 2.47 bits per heavy atom. The van der Waals surface area contributed by atoms with Gasteiger partial charge in [-0.25, -0.2) is 4.39 Å². The first-order chi connectivity index (χ1) is 14.3. The van der Waals surface area contributed by atoms with Crippen LogP contribution in [0.4, 0.5) is 15.8 Å². The average molecular weight is 412 g/mol. The summed E-state index contributed by atoms with van der Waals surface area (Å²) in [6.45, 7) is 0.739. The minimum Gasteiger partial charge on any atom is -0.347 e. The third kappa shape index (κ3) is 5.21. The van der Waals surface area contributed by atoms with Gasteiger partial charge in [0.1, 0.15) is 5.82 Å². The summed E-state index contributed by atoms with van der Waals surface area (Å²) in [5.41, 5.74) is 1.11.